The van der Waals surface area contributed by atoms with Gasteiger partial charge in [0.05, 0.1) is 6.10 Å². The van der Waals surface area contributed by atoms with Gasteiger partial charge in [-0.1, -0.05) is 0 Å². The van der Waals surface area contributed by atoms with Crippen molar-refractivity contribution >= 4 is 0 Å². The fraction of sp³-hybridized carbons (Fsp3) is 1.00. The third-order valence-electron chi connectivity index (χ3n) is 2.85. The molecule has 0 radical (unpaired) electrons. The van der Waals surface area contributed by atoms with Crippen LogP contribution in [-0.4, -0.2) is 37.2 Å². The normalized spacial score (nSPS) is 40.5. The van der Waals surface area contributed by atoms with E-state index in [1.165, 1.54) is 32.4 Å². The van der Waals surface area contributed by atoms with E-state index >= 15 is 0 Å². The van der Waals surface area contributed by atoms with Crippen LogP contribution < -0.4 is 0 Å². The second-order valence-electron chi connectivity index (χ2n) is 3.31. The van der Waals surface area contributed by atoms with Crippen molar-refractivity contribution in [2.24, 2.45) is 0 Å². The molecule has 10 heavy (non-hydrogen) atoms. The van der Waals surface area contributed by atoms with E-state index in [0.29, 0.717) is 6.10 Å². The molecule has 2 aliphatic heterocycles. The third-order valence-corrected chi connectivity index (χ3v) is 2.85. The Bertz CT molecular complexity index is 126. The Hall–Kier alpha value is -0.0800. The lowest BCUT2D eigenvalue weighted by Gasteiger charge is -2.18. The largest absolute Gasteiger partial charge is 0.380 e. The maximum atomic E-state index is 5.38. The van der Waals surface area contributed by atoms with Crippen molar-refractivity contribution in [3.05, 3.63) is 0 Å². The van der Waals surface area contributed by atoms with Crippen LogP contribution in [0.1, 0.15) is 19.3 Å². The van der Waals surface area contributed by atoms with Crippen molar-refractivity contribution in [2.45, 2.75) is 31.4 Å². The first-order valence-electron chi connectivity index (χ1n) is 4.18. The van der Waals surface area contributed by atoms with Crippen molar-refractivity contribution in [3.63, 3.8) is 0 Å². The summed E-state index contributed by atoms with van der Waals surface area (Å²) in [5, 5.41) is 0. The summed E-state index contributed by atoms with van der Waals surface area (Å²) in [6.07, 6.45) is 4.53. The van der Waals surface area contributed by atoms with Gasteiger partial charge < -0.3 is 4.74 Å². The summed E-state index contributed by atoms with van der Waals surface area (Å²) in [4.78, 5) is 2.56. The van der Waals surface area contributed by atoms with Gasteiger partial charge in [-0.25, -0.2) is 0 Å². The van der Waals surface area contributed by atoms with Gasteiger partial charge in [-0.05, 0) is 25.8 Å². The summed E-state index contributed by atoms with van der Waals surface area (Å²) in [7, 11) is 1.84. The topological polar surface area (TPSA) is 12.5 Å². The summed E-state index contributed by atoms with van der Waals surface area (Å²) in [5.41, 5.74) is 0. The molecule has 0 N–H and O–H groups in total. The van der Waals surface area contributed by atoms with Gasteiger partial charge >= 0.3 is 0 Å². The van der Waals surface area contributed by atoms with E-state index in [1.54, 1.807) is 0 Å². The molecule has 2 heterocycles. The van der Waals surface area contributed by atoms with E-state index in [0.717, 1.165) is 6.04 Å². The SMILES string of the molecule is COC1CCN2CCCC12. The number of ether oxygens (including phenoxy) is 1. The molecule has 0 bridgehead atoms. The highest BCUT2D eigenvalue weighted by Gasteiger charge is 2.36. The number of methoxy groups -OCH3 is 1. The summed E-state index contributed by atoms with van der Waals surface area (Å²) >= 11 is 0. The average Bonchev–Trinajstić information content (AvgIpc) is 2.44. The molecule has 0 saturated carbocycles. The fourth-order valence-electron chi connectivity index (χ4n) is 2.31. The van der Waals surface area contributed by atoms with Gasteiger partial charge in [0.1, 0.15) is 0 Å². The highest BCUT2D eigenvalue weighted by atomic mass is 16.5. The summed E-state index contributed by atoms with van der Waals surface area (Å²) in [6, 6.07) is 0.769. The molecule has 2 fully saturated rings. The van der Waals surface area contributed by atoms with Gasteiger partial charge in [-0.3, -0.25) is 4.90 Å². The van der Waals surface area contributed by atoms with Gasteiger partial charge in [0.25, 0.3) is 0 Å². The first kappa shape index (κ1) is 6.62. The van der Waals surface area contributed by atoms with Crippen molar-refractivity contribution < 1.29 is 4.74 Å². The van der Waals surface area contributed by atoms with Crippen LogP contribution in [0.4, 0.5) is 0 Å². The molecule has 0 aliphatic carbocycles. The van der Waals surface area contributed by atoms with Crippen LogP contribution in [0.2, 0.25) is 0 Å². The Morgan fingerprint density at radius 2 is 2.20 bits per heavy atom. The average molecular weight is 141 g/mol. The summed E-state index contributed by atoms with van der Waals surface area (Å²) < 4.78 is 5.38. The summed E-state index contributed by atoms with van der Waals surface area (Å²) in [5.74, 6) is 0. The van der Waals surface area contributed by atoms with Crippen LogP contribution in [0.5, 0.6) is 0 Å². The Kier molecular flexibility index (Phi) is 1.66. The number of fused-ring (bicyclic) bond motifs is 1. The molecule has 0 aromatic heterocycles. The van der Waals surface area contributed by atoms with Gasteiger partial charge in [0.2, 0.25) is 0 Å². The van der Waals surface area contributed by atoms with Crippen LogP contribution in [-0.2, 0) is 4.74 Å². The third kappa shape index (κ3) is 0.867. The Morgan fingerprint density at radius 1 is 1.30 bits per heavy atom. The van der Waals surface area contributed by atoms with Crippen LogP contribution in [0.25, 0.3) is 0 Å². The van der Waals surface area contributed by atoms with E-state index < -0.39 is 0 Å². The molecule has 2 unspecified atom stereocenters. The lowest BCUT2D eigenvalue weighted by atomic mass is 10.1. The molecule has 2 atom stereocenters. The second kappa shape index (κ2) is 2.51. The smallest absolute Gasteiger partial charge is 0.0738 e. The fourth-order valence-corrected chi connectivity index (χ4v) is 2.31. The molecule has 58 valence electrons. The number of nitrogens with zero attached hydrogens (tertiary/aromatic N) is 1. The molecular formula is C8H15NO. The van der Waals surface area contributed by atoms with Crippen LogP contribution in [0.15, 0.2) is 0 Å². The van der Waals surface area contributed by atoms with Gasteiger partial charge in [0.15, 0.2) is 0 Å². The molecule has 2 rings (SSSR count). The van der Waals surface area contributed by atoms with Crippen LogP contribution in [0, 0.1) is 0 Å². The first-order chi connectivity index (χ1) is 4.92. The molecule has 2 saturated heterocycles. The molecule has 2 nitrogen and oxygen atoms in total. The van der Waals surface area contributed by atoms with Gasteiger partial charge in [-0.15, -0.1) is 0 Å². The zero-order chi connectivity index (χ0) is 6.97. The van der Waals surface area contributed by atoms with Gasteiger partial charge in [0, 0.05) is 19.7 Å². The van der Waals surface area contributed by atoms with E-state index in [2.05, 4.69) is 4.90 Å². The number of hydrogen-bond donors (Lipinski definition) is 0. The minimum absolute atomic E-state index is 0.544. The molecule has 0 amide bonds. The maximum absolute atomic E-state index is 5.38. The quantitative estimate of drug-likeness (QED) is 0.537. The highest BCUT2D eigenvalue weighted by Crippen LogP contribution is 2.29. The van der Waals surface area contributed by atoms with E-state index in [1.807, 2.05) is 7.11 Å². The van der Waals surface area contributed by atoms with E-state index in [-0.39, 0.29) is 0 Å². The molecule has 2 heteroatoms. The second-order valence-corrected chi connectivity index (χ2v) is 3.31. The zero-order valence-electron chi connectivity index (χ0n) is 6.55. The van der Waals surface area contributed by atoms with E-state index in [9.17, 15) is 0 Å². The Morgan fingerprint density at radius 3 is 3.00 bits per heavy atom. The molecular weight excluding hydrogens is 126 g/mol. The standard InChI is InChI=1S/C8H15NO/c1-10-8-4-6-9-5-2-3-7(8)9/h7-8H,2-6H2,1H3. The molecule has 0 aromatic carbocycles. The van der Waals surface area contributed by atoms with Crippen molar-refractivity contribution in [3.8, 4) is 0 Å². The highest BCUT2D eigenvalue weighted by molar-refractivity contribution is 4.91. The Labute approximate surface area is 62.2 Å². The zero-order valence-corrected chi connectivity index (χ0v) is 6.55. The molecule has 0 spiro atoms. The van der Waals surface area contributed by atoms with Crippen molar-refractivity contribution in [1.82, 2.24) is 4.90 Å². The van der Waals surface area contributed by atoms with Crippen LogP contribution >= 0.6 is 0 Å². The molecule has 0 aromatic rings. The maximum Gasteiger partial charge on any atom is 0.0738 e. The predicted molar refractivity (Wildman–Crippen MR) is 40.0 cm³/mol. The Balaban J connectivity index is 2.01. The predicted octanol–water partition coefficient (Wildman–Crippen LogP) is 0.869. The lowest BCUT2D eigenvalue weighted by molar-refractivity contribution is 0.0779. The van der Waals surface area contributed by atoms with Crippen molar-refractivity contribution in [2.75, 3.05) is 20.2 Å². The minimum atomic E-state index is 0.544. The van der Waals surface area contributed by atoms with Gasteiger partial charge in [-0.2, -0.15) is 0 Å². The number of rotatable bonds is 1. The monoisotopic (exact) mass is 141 g/mol. The van der Waals surface area contributed by atoms with Crippen molar-refractivity contribution in [1.29, 1.82) is 0 Å². The first-order valence-corrected chi connectivity index (χ1v) is 4.18. The lowest BCUT2D eigenvalue weighted by Crippen LogP contribution is -2.29. The minimum Gasteiger partial charge on any atom is -0.380 e. The summed E-state index contributed by atoms with van der Waals surface area (Å²) in [6.45, 7) is 2.58. The van der Waals surface area contributed by atoms with Crippen LogP contribution in [0.3, 0.4) is 0 Å². The van der Waals surface area contributed by atoms with E-state index in [4.69, 9.17) is 4.74 Å². The number of hydrogen-bond acceptors (Lipinski definition) is 2. The molecule has 2 aliphatic rings.